The second kappa shape index (κ2) is 8.63. The van der Waals surface area contributed by atoms with Crippen LogP contribution in [0, 0.1) is 0 Å². The van der Waals surface area contributed by atoms with Gasteiger partial charge < -0.3 is 18.6 Å². The van der Waals surface area contributed by atoms with Gasteiger partial charge in [0.05, 0.1) is 13.7 Å². The predicted octanol–water partition coefficient (Wildman–Crippen LogP) is 3.26. The van der Waals surface area contributed by atoms with Crippen LogP contribution in [0.2, 0.25) is 5.04 Å². The Hall–Kier alpha value is -1.99. The number of carbonyl (C=O) groups is 1. The summed E-state index contributed by atoms with van der Waals surface area (Å²) < 4.78 is 23.9. The van der Waals surface area contributed by atoms with Gasteiger partial charge in [-0.15, -0.1) is 0 Å². The number of ether oxygens (including phenoxy) is 3. The number of esters is 1. The Morgan fingerprint density at radius 3 is 1.90 bits per heavy atom. The van der Waals surface area contributed by atoms with Gasteiger partial charge in [0.2, 0.25) is 0 Å². The summed E-state index contributed by atoms with van der Waals surface area (Å²) in [6.45, 7) is 10.5. The molecule has 6 heteroatoms. The maximum atomic E-state index is 12.9. The topological polar surface area (TPSA) is 54.0 Å². The van der Waals surface area contributed by atoms with E-state index in [-0.39, 0.29) is 11.6 Å². The van der Waals surface area contributed by atoms with Gasteiger partial charge in [0.1, 0.15) is 6.10 Å². The van der Waals surface area contributed by atoms with Gasteiger partial charge in [-0.1, -0.05) is 81.4 Å². The highest BCUT2D eigenvalue weighted by molar-refractivity contribution is 6.99. The van der Waals surface area contributed by atoms with E-state index in [2.05, 4.69) is 45.0 Å². The van der Waals surface area contributed by atoms with Crippen LogP contribution in [-0.2, 0) is 23.4 Å². The molecule has 0 radical (unpaired) electrons. The molecule has 0 unspecified atom stereocenters. The lowest BCUT2D eigenvalue weighted by atomic mass is 10.2. The SMILES string of the molecule is COC(=O)[C@H](O[Si](c1ccccc1)(c1ccccc1)C(C)(C)C)[C@@H]1COC(C)(C)O1. The molecular formula is C24H32O5Si. The maximum Gasteiger partial charge on any atom is 0.336 e. The van der Waals surface area contributed by atoms with Crippen LogP contribution in [0.25, 0.3) is 0 Å². The van der Waals surface area contributed by atoms with Crippen molar-refractivity contribution >= 4 is 24.7 Å². The number of rotatable bonds is 6. The Morgan fingerprint density at radius 2 is 1.53 bits per heavy atom. The number of benzene rings is 2. The van der Waals surface area contributed by atoms with E-state index in [1.807, 2.05) is 50.2 Å². The lowest BCUT2D eigenvalue weighted by molar-refractivity contribution is -0.168. The molecular weight excluding hydrogens is 396 g/mol. The van der Waals surface area contributed by atoms with Gasteiger partial charge in [-0.25, -0.2) is 4.79 Å². The van der Waals surface area contributed by atoms with E-state index < -0.39 is 32.3 Å². The lowest BCUT2D eigenvalue weighted by Gasteiger charge is -2.45. The van der Waals surface area contributed by atoms with E-state index in [1.54, 1.807) is 0 Å². The van der Waals surface area contributed by atoms with Gasteiger partial charge >= 0.3 is 5.97 Å². The molecule has 2 atom stereocenters. The number of carbonyl (C=O) groups excluding carboxylic acids is 1. The van der Waals surface area contributed by atoms with Gasteiger partial charge in [0.15, 0.2) is 11.9 Å². The van der Waals surface area contributed by atoms with E-state index in [0.717, 1.165) is 10.4 Å². The van der Waals surface area contributed by atoms with Gasteiger partial charge in [-0.05, 0) is 29.3 Å². The van der Waals surface area contributed by atoms with E-state index in [1.165, 1.54) is 7.11 Å². The van der Waals surface area contributed by atoms with Crippen molar-refractivity contribution in [2.75, 3.05) is 13.7 Å². The van der Waals surface area contributed by atoms with Crippen molar-refractivity contribution in [3.05, 3.63) is 60.7 Å². The fourth-order valence-corrected chi connectivity index (χ4v) is 8.78. The average molecular weight is 429 g/mol. The van der Waals surface area contributed by atoms with Crippen LogP contribution >= 0.6 is 0 Å². The first-order valence-electron chi connectivity index (χ1n) is 10.3. The van der Waals surface area contributed by atoms with Crippen LogP contribution in [0.1, 0.15) is 34.6 Å². The molecule has 5 nitrogen and oxygen atoms in total. The highest BCUT2D eigenvalue weighted by Crippen LogP contribution is 2.39. The van der Waals surface area contributed by atoms with Gasteiger partial charge in [0, 0.05) is 0 Å². The largest absolute Gasteiger partial charge is 0.467 e. The summed E-state index contributed by atoms with van der Waals surface area (Å²) in [4.78, 5) is 12.9. The van der Waals surface area contributed by atoms with E-state index in [4.69, 9.17) is 18.6 Å². The molecule has 0 bridgehead atoms. The number of hydrogen-bond donors (Lipinski definition) is 0. The van der Waals surface area contributed by atoms with Crippen LogP contribution in [0.4, 0.5) is 0 Å². The number of hydrogen-bond acceptors (Lipinski definition) is 5. The van der Waals surface area contributed by atoms with Crippen molar-refractivity contribution in [2.24, 2.45) is 0 Å². The van der Waals surface area contributed by atoms with Crippen molar-refractivity contribution in [1.29, 1.82) is 0 Å². The molecule has 3 rings (SSSR count). The van der Waals surface area contributed by atoms with Crippen LogP contribution in [0.3, 0.4) is 0 Å². The molecule has 1 aliphatic heterocycles. The summed E-state index contributed by atoms with van der Waals surface area (Å²) in [5.41, 5.74) is 0. The Labute approximate surface area is 180 Å². The zero-order chi connectivity index (χ0) is 22.0. The number of methoxy groups -OCH3 is 1. The minimum absolute atomic E-state index is 0.267. The van der Waals surface area contributed by atoms with Crippen LogP contribution < -0.4 is 10.4 Å². The molecule has 0 saturated carbocycles. The molecule has 1 aliphatic rings. The zero-order valence-electron chi connectivity index (χ0n) is 18.7. The summed E-state index contributed by atoms with van der Waals surface area (Å²) in [6.07, 6.45) is -1.45. The first-order chi connectivity index (χ1) is 14.1. The average Bonchev–Trinajstić information content (AvgIpc) is 3.08. The van der Waals surface area contributed by atoms with Crippen molar-refractivity contribution in [3.8, 4) is 0 Å². The third kappa shape index (κ3) is 4.37. The second-order valence-corrected chi connectivity index (χ2v) is 13.3. The molecule has 1 saturated heterocycles. The van der Waals surface area contributed by atoms with Crippen LogP contribution in [0.15, 0.2) is 60.7 Å². The van der Waals surface area contributed by atoms with Crippen molar-refractivity contribution < 1.29 is 23.4 Å². The molecule has 0 spiro atoms. The monoisotopic (exact) mass is 428 g/mol. The Balaban J connectivity index is 2.17. The lowest BCUT2D eigenvalue weighted by Crippen LogP contribution is -2.69. The quantitative estimate of drug-likeness (QED) is 0.522. The molecule has 0 amide bonds. The van der Waals surface area contributed by atoms with Crippen molar-refractivity contribution in [2.45, 2.75) is 57.7 Å². The summed E-state index contributed by atoms with van der Waals surface area (Å²) in [5, 5.41) is 1.92. The van der Waals surface area contributed by atoms with Crippen molar-refractivity contribution in [3.63, 3.8) is 0 Å². The molecule has 30 heavy (non-hydrogen) atoms. The fourth-order valence-electron chi connectivity index (χ4n) is 4.14. The van der Waals surface area contributed by atoms with Crippen LogP contribution in [-0.4, -0.2) is 46.0 Å². The summed E-state index contributed by atoms with van der Waals surface area (Å²) >= 11 is 0. The molecule has 1 fully saturated rings. The fraction of sp³-hybridized carbons (Fsp3) is 0.458. The van der Waals surface area contributed by atoms with E-state index in [9.17, 15) is 4.79 Å². The van der Waals surface area contributed by atoms with E-state index in [0.29, 0.717) is 0 Å². The Bertz CT molecular complexity index is 805. The summed E-state index contributed by atoms with van der Waals surface area (Å²) in [5.74, 6) is -1.22. The Kier molecular flexibility index (Phi) is 6.53. The smallest absolute Gasteiger partial charge is 0.336 e. The molecule has 162 valence electrons. The molecule has 0 aromatic heterocycles. The third-order valence-electron chi connectivity index (χ3n) is 5.52. The molecule has 1 heterocycles. The van der Waals surface area contributed by atoms with Crippen LogP contribution in [0.5, 0.6) is 0 Å². The van der Waals surface area contributed by atoms with Gasteiger partial charge in [-0.3, -0.25) is 0 Å². The maximum absolute atomic E-state index is 12.9. The van der Waals surface area contributed by atoms with E-state index >= 15 is 0 Å². The third-order valence-corrected chi connectivity index (χ3v) is 10.5. The minimum Gasteiger partial charge on any atom is -0.467 e. The van der Waals surface area contributed by atoms with Crippen molar-refractivity contribution in [1.82, 2.24) is 0 Å². The second-order valence-electron chi connectivity index (χ2n) is 9.09. The zero-order valence-corrected chi connectivity index (χ0v) is 19.7. The highest BCUT2D eigenvalue weighted by Gasteiger charge is 2.55. The molecule has 0 aliphatic carbocycles. The standard InChI is InChI=1S/C24H32O5Si/c1-23(2,3)30(18-13-9-7-10-14-18,19-15-11-8-12-16-19)29-21(22(25)26-6)20-17-27-24(4,5)28-20/h7-16,20-21H,17H2,1-6H3/t20-,21+/m0/s1. The normalized spacial score (nSPS) is 20.0. The summed E-state index contributed by atoms with van der Waals surface area (Å²) in [6, 6.07) is 20.4. The minimum atomic E-state index is -2.94. The predicted molar refractivity (Wildman–Crippen MR) is 119 cm³/mol. The highest BCUT2D eigenvalue weighted by atomic mass is 28.4. The van der Waals surface area contributed by atoms with Gasteiger partial charge in [0.25, 0.3) is 8.32 Å². The molecule has 2 aromatic carbocycles. The molecule has 2 aromatic rings. The molecule has 0 N–H and O–H groups in total. The summed E-state index contributed by atoms with van der Waals surface area (Å²) in [7, 11) is -1.56. The van der Waals surface area contributed by atoms with Gasteiger partial charge in [-0.2, -0.15) is 0 Å². The first-order valence-corrected chi connectivity index (χ1v) is 12.2. The first kappa shape index (κ1) is 22.7. The Morgan fingerprint density at radius 1 is 1.03 bits per heavy atom.